The van der Waals surface area contributed by atoms with Crippen molar-refractivity contribution in [2.45, 2.75) is 6.92 Å². The molecule has 0 radical (unpaired) electrons. The predicted octanol–water partition coefficient (Wildman–Crippen LogP) is 2.11. The lowest BCUT2D eigenvalue weighted by Gasteiger charge is -2.27. The van der Waals surface area contributed by atoms with Crippen LogP contribution in [-0.4, -0.2) is 80.6 Å². The van der Waals surface area contributed by atoms with Gasteiger partial charge in [-0.15, -0.1) is 0 Å². The molecule has 0 saturated carbocycles. The zero-order valence-electron chi connectivity index (χ0n) is 19.5. The minimum Gasteiger partial charge on any atom is -0.476 e. The van der Waals surface area contributed by atoms with E-state index in [-0.39, 0.29) is 30.6 Å². The Kier molecular flexibility index (Phi) is 7.12. The molecular weight excluding hydrogens is 440 g/mol. The number of carbonyl (C=O) groups is 2. The number of morpholine rings is 1. The molecule has 0 aliphatic carbocycles. The lowest BCUT2D eigenvalue weighted by Crippen LogP contribution is -2.38. The maximum Gasteiger partial charge on any atom is 0.406 e. The van der Waals surface area contributed by atoms with Crippen LogP contribution in [0, 0.1) is 6.92 Å². The van der Waals surface area contributed by atoms with Crippen LogP contribution in [0.4, 0.5) is 16.4 Å². The molecule has 2 N–H and O–H groups in total. The molecule has 1 aliphatic heterocycles. The molecule has 1 fully saturated rings. The molecule has 11 nitrogen and oxygen atoms in total. The highest BCUT2D eigenvalue weighted by Crippen LogP contribution is 2.25. The van der Waals surface area contributed by atoms with Gasteiger partial charge in [0.25, 0.3) is 5.91 Å². The Morgan fingerprint density at radius 3 is 2.79 bits per heavy atom. The summed E-state index contributed by atoms with van der Waals surface area (Å²) >= 11 is 0. The van der Waals surface area contributed by atoms with Crippen molar-refractivity contribution < 1.29 is 23.8 Å². The summed E-state index contributed by atoms with van der Waals surface area (Å²) in [6.45, 7) is 4.72. The van der Waals surface area contributed by atoms with E-state index in [0.29, 0.717) is 32.3 Å². The first kappa shape index (κ1) is 23.3. The Labute approximate surface area is 197 Å². The summed E-state index contributed by atoms with van der Waals surface area (Å²) in [5.41, 5.74) is 3.07. The number of fused-ring (bicyclic) bond motifs is 1. The number of aromatic amines is 1. The third-order valence-electron chi connectivity index (χ3n) is 5.57. The van der Waals surface area contributed by atoms with Gasteiger partial charge in [-0.05, 0) is 30.7 Å². The van der Waals surface area contributed by atoms with Gasteiger partial charge < -0.3 is 34.3 Å². The molecule has 0 bridgehead atoms. The van der Waals surface area contributed by atoms with Gasteiger partial charge in [0, 0.05) is 49.0 Å². The number of H-pyrrole nitrogens is 1. The maximum atomic E-state index is 13.4. The smallest absolute Gasteiger partial charge is 0.406 e. The highest BCUT2D eigenvalue weighted by molar-refractivity contribution is 6.05. The molecule has 0 spiro atoms. The van der Waals surface area contributed by atoms with Crippen LogP contribution in [0.3, 0.4) is 0 Å². The molecule has 1 aliphatic rings. The van der Waals surface area contributed by atoms with E-state index in [1.165, 1.54) is 13.2 Å². The number of aromatic nitrogens is 3. The van der Waals surface area contributed by atoms with Crippen molar-refractivity contribution in [3.05, 3.63) is 41.7 Å². The fraction of sp³-hybridized carbons (Fsp3) is 0.391. The average Bonchev–Trinajstić information content (AvgIpc) is 3.25. The number of hydrogen-bond acceptors (Lipinski definition) is 8. The summed E-state index contributed by atoms with van der Waals surface area (Å²) in [5, 5.41) is 3.59. The summed E-state index contributed by atoms with van der Waals surface area (Å²) in [7, 11) is 3.00. The normalized spacial score (nSPS) is 13.6. The molecular formula is C23H28N6O5. The zero-order chi connectivity index (χ0) is 24.1. The number of hydrogen-bond donors (Lipinski definition) is 2. The Balaban J connectivity index is 1.57. The number of amides is 2. The fourth-order valence-electron chi connectivity index (χ4n) is 3.63. The van der Waals surface area contributed by atoms with Crippen LogP contribution in [-0.2, 0) is 9.47 Å². The number of alkyl carbamates (subject to hydrolysis) is 1. The topological polar surface area (TPSA) is 122 Å². The van der Waals surface area contributed by atoms with E-state index >= 15 is 0 Å². The number of aryl methyl sites for hydroxylation is 1. The molecule has 4 rings (SSSR count). The number of ether oxygens (including phenoxy) is 3. The van der Waals surface area contributed by atoms with Crippen molar-refractivity contribution in [2.75, 3.05) is 63.4 Å². The van der Waals surface area contributed by atoms with Crippen molar-refractivity contribution in [3.8, 4) is 5.88 Å². The first-order valence-corrected chi connectivity index (χ1v) is 11.0. The summed E-state index contributed by atoms with van der Waals surface area (Å²) in [5.74, 6) is 0.356. The number of nitrogens with one attached hydrogen (secondary N) is 2. The molecule has 180 valence electrons. The van der Waals surface area contributed by atoms with Gasteiger partial charge >= 0.3 is 6.09 Å². The first-order chi connectivity index (χ1) is 16.5. The highest BCUT2D eigenvalue weighted by atomic mass is 16.5. The molecule has 2 amide bonds. The Morgan fingerprint density at radius 1 is 1.24 bits per heavy atom. The Bertz CT molecular complexity index is 1170. The molecule has 3 heterocycles. The van der Waals surface area contributed by atoms with Gasteiger partial charge in [-0.25, -0.2) is 9.78 Å². The van der Waals surface area contributed by atoms with Crippen LogP contribution < -0.4 is 19.9 Å². The minimum absolute atomic E-state index is 0.154. The molecule has 1 aromatic carbocycles. The molecule has 3 aromatic rings. The van der Waals surface area contributed by atoms with E-state index in [1.54, 1.807) is 11.9 Å². The standard InChI is InChI=1S/C23H28N6O5/c1-15-14-25-18-5-4-16(12-17(15)18)28(2)21(30)19-13-20(34-9-6-24-23(31)32-3)27-22(26-19)29-7-10-33-11-8-29/h4-5,12-14,25H,6-11H2,1-3H3,(H,24,31). The Hall–Kier alpha value is -3.86. The highest BCUT2D eigenvalue weighted by Gasteiger charge is 2.22. The lowest BCUT2D eigenvalue weighted by molar-refractivity contribution is 0.0987. The minimum atomic E-state index is -0.549. The van der Waals surface area contributed by atoms with Crippen molar-refractivity contribution in [3.63, 3.8) is 0 Å². The third-order valence-corrected chi connectivity index (χ3v) is 5.57. The van der Waals surface area contributed by atoms with Crippen LogP contribution in [0.2, 0.25) is 0 Å². The molecule has 2 aromatic heterocycles. The van der Waals surface area contributed by atoms with E-state index in [4.69, 9.17) is 9.47 Å². The van der Waals surface area contributed by atoms with Gasteiger partial charge in [0.2, 0.25) is 11.8 Å². The van der Waals surface area contributed by atoms with Crippen molar-refractivity contribution in [1.29, 1.82) is 0 Å². The number of anilines is 2. The van der Waals surface area contributed by atoms with E-state index in [9.17, 15) is 9.59 Å². The first-order valence-electron chi connectivity index (χ1n) is 11.0. The Morgan fingerprint density at radius 2 is 2.03 bits per heavy atom. The predicted molar refractivity (Wildman–Crippen MR) is 127 cm³/mol. The summed E-state index contributed by atoms with van der Waals surface area (Å²) in [6, 6.07) is 7.32. The second-order valence-electron chi connectivity index (χ2n) is 7.82. The molecule has 11 heteroatoms. The second-order valence-corrected chi connectivity index (χ2v) is 7.82. The quantitative estimate of drug-likeness (QED) is 0.506. The van der Waals surface area contributed by atoms with Crippen molar-refractivity contribution in [2.24, 2.45) is 0 Å². The number of benzene rings is 1. The summed E-state index contributed by atoms with van der Waals surface area (Å²) < 4.78 is 15.7. The lowest BCUT2D eigenvalue weighted by atomic mass is 10.1. The summed E-state index contributed by atoms with van der Waals surface area (Å²) in [4.78, 5) is 40.4. The van der Waals surface area contributed by atoms with Gasteiger partial charge in [0.15, 0.2) is 0 Å². The number of rotatable bonds is 7. The molecule has 34 heavy (non-hydrogen) atoms. The third kappa shape index (κ3) is 5.20. The van der Waals surface area contributed by atoms with Crippen LogP contribution in [0.15, 0.2) is 30.5 Å². The summed E-state index contributed by atoms with van der Waals surface area (Å²) in [6.07, 6.45) is 1.39. The van der Waals surface area contributed by atoms with Crippen LogP contribution in [0.5, 0.6) is 5.88 Å². The van der Waals surface area contributed by atoms with Crippen LogP contribution in [0.1, 0.15) is 16.1 Å². The van der Waals surface area contributed by atoms with Gasteiger partial charge in [-0.1, -0.05) is 0 Å². The van der Waals surface area contributed by atoms with Crippen LogP contribution in [0.25, 0.3) is 10.9 Å². The van der Waals surface area contributed by atoms with Crippen molar-refractivity contribution >= 4 is 34.5 Å². The molecule has 0 atom stereocenters. The van der Waals surface area contributed by atoms with E-state index in [0.717, 1.165) is 22.2 Å². The van der Waals surface area contributed by atoms with Crippen LogP contribution >= 0.6 is 0 Å². The monoisotopic (exact) mass is 468 g/mol. The largest absolute Gasteiger partial charge is 0.476 e. The van der Waals surface area contributed by atoms with Gasteiger partial charge in [-0.2, -0.15) is 4.98 Å². The maximum absolute atomic E-state index is 13.4. The van der Waals surface area contributed by atoms with Crippen molar-refractivity contribution in [1.82, 2.24) is 20.3 Å². The number of carbonyl (C=O) groups excluding carboxylic acids is 2. The van der Waals surface area contributed by atoms with E-state index in [2.05, 4.69) is 25.0 Å². The number of nitrogens with zero attached hydrogens (tertiary/aromatic N) is 4. The average molecular weight is 469 g/mol. The number of methoxy groups -OCH3 is 1. The van der Waals surface area contributed by atoms with E-state index < -0.39 is 6.09 Å². The SMILES string of the molecule is COC(=O)NCCOc1cc(C(=O)N(C)c2ccc3[nH]cc(C)c3c2)nc(N2CCOCC2)n1. The van der Waals surface area contributed by atoms with E-state index in [1.807, 2.05) is 36.2 Å². The second kappa shape index (κ2) is 10.4. The zero-order valence-corrected chi connectivity index (χ0v) is 19.5. The molecule has 0 unspecified atom stereocenters. The van der Waals surface area contributed by atoms with Gasteiger partial charge in [0.1, 0.15) is 12.3 Å². The fourth-order valence-corrected chi connectivity index (χ4v) is 3.63. The van der Waals surface area contributed by atoms with Gasteiger partial charge in [-0.3, -0.25) is 4.79 Å². The molecule has 1 saturated heterocycles. The van der Waals surface area contributed by atoms with Gasteiger partial charge in [0.05, 0.1) is 26.9 Å².